The predicted octanol–water partition coefficient (Wildman–Crippen LogP) is 3.88. The first-order valence-electron chi connectivity index (χ1n) is 8.26. The SMILES string of the molecule is CCl.Cc1ccc(OCC(O)CN(C)C)c2sc3ccccc3c(=O)c12. The molecule has 6 heteroatoms. The van der Waals surface area contributed by atoms with Crippen LogP contribution in [-0.4, -0.2) is 49.7 Å². The molecule has 26 heavy (non-hydrogen) atoms. The van der Waals surface area contributed by atoms with Gasteiger partial charge in [-0.05, 0) is 44.8 Å². The molecule has 140 valence electrons. The number of rotatable bonds is 5. The number of halogens is 1. The summed E-state index contributed by atoms with van der Waals surface area (Å²) in [5.41, 5.74) is 0.981. The molecule has 0 aliphatic carbocycles. The summed E-state index contributed by atoms with van der Waals surface area (Å²) in [5.74, 6) is 0.654. The molecular formula is C20H24ClNO3S. The Hall–Kier alpha value is -1.66. The Morgan fingerprint density at radius 2 is 1.88 bits per heavy atom. The molecule has 0 spiro atoms. The number of hydrogen-bond donors (Lipinski definition) is 1. The molecule has 0 saturated carbocycles. The number of aliphatic hydroxyl groups excluding tert-OH is 1. The first kappa shape index (κ1) is 20.6. The first-order chi connectivity index (χ1) is 12.5. The highest BCUT2D eigenvalue weighted by Gasteiger charge is 2.14. The fourth-order valence-corrected chi connectivity index (χ4v) is 4.03. The smallest absolute Gasteiger partial charge is 0.196 e. The van der Waals surface area contributed by atoms with Crippen molar-refractivity contribution in [3.63, 3.8) is 0 Å². The lowest BCUT2D eigenvalue weighted by Crippen LogP contribution is -2.30. The maximum Gasteiger partial charge on any atom is 0.196 e. The summed E-state index contributed by atoms with van der Waals surface area (Å²) < 4.78 is 7.62. The Bertz CT molecular complexity index is 939. The van der Waals surface area contributed by atoms with Crippen molar-refractivity contribution in [2.24, 2.45) is 0 Å². The number of nitrogens with zero attached hydrogens (tertiary/aromatic N) is 1. The summed E-state index contributed by atoms with van der Waals surface area (Å²) in [5, 5.41) is 11.5. The number of alkyl halides is 1. The highest BCUT2D eigenvalue weighted by Crippen LogP contribution is 2.33. The largest absolute Gasteiger partial charge is 0.489 e. The van der Waals surface area contributed by atoms with E-state index >= 15 is 0 Å². The van der Waals surface area contributed by atoms with E-state index in [0.29, 0.717) is 17.7 Å². The van der Waals surface area contributed by atoms with Crippen LogP contribution in [0.2, 0.25) is 0 Å². The summed E-state index contributed by atoms with van der Waals surface area (Å²) in [6.07, 6.45) is 0.897. The van der Waals surface area contributed by atoms with Crippen molar-refractivity contribution in [1.82, 2.24) is 4.90 Å². The summed E-state index contributed by atoms with van der Waals surface area (Å²) in [6, 6.07) is 11.4. The minimum atomic E-state index is -0.575. The molecule has 1 atom stereocenters. The molecule has 0 aliphatic heterocycles. The first-order valence-corrected chi connectivity index (χ1v) is 9.83. The third-order valence-electron chi connectivity index (χ3n) is 3.91. The van der Waals surface area contributed by atoms with Gasteiger partial charge in [-0.15, -0.1) is 22.9 Å². The predicted molar refractivity (Wildman–Crippen MR) is 112 cm³/mol. The van der Waals surface area contributed by atoms with Gasteiger partial charge in [0, 0.05) is 28.4 Å². The van der Waals surface area contributed by atoms with Crippen LogP contribution in [-0.2, 0) is 0 Å². The number of fused-ring (bicyclic) bond motifs is 2. The molecule has 0 saturated heterocycles. The number of benzene rings is 2. The van der Waals surface area contributed by atoms with E-state index < -0.39 is 6.10 Å². The van der Waals surface area contributed by atoms with Crippen LogP contribution in [0, 0.1) is 6.92 Å². The third kappa shape index (κ3) is 4.54. The minimum absolute atomic E-state index is 0.0381. The van der Waals surface area contributed by atoms with Crippen molar-refractivity contribution >= 4 is 43.1 Å². The Kier molecular flexibility index (Phi) is 7.41. The van der Waals surface area contributed by atoms with Crippen LogP contribution in [0.1, 0.15) is 5.56 Å². The van der Waals surface area contributed by atoms with Crippen molar-refractivity contribution < 1.29 is 9.84 Å². The lowest BCUT2D eigenvalue weighted by Gasteiger charge is -2.17. The van der Waals surface area contributed by atoms with E-state index in [0.717, 1.165) is 20.3 Å². The van der Waals surface area contributed by atoms with E-state index in [-0.39, 0.29) is 12.0 Å². The van der Waals surface area contributed by atoms with Crippen LogP contribution in [0.15, 0.2) is 41.2 Å². The molecule has 1 aromatic heterocycles. The maximum atomic E-state index is 12.8. The van der Waals surface area contributed by atoms with Crippen molar-refractivity contribution in [3.05, 3.63) is 52.2 Å². The molecule has 0 fully saturated rings. The van der Waals surface area contributed by atoms with E-state index in [2.05, 4.69) is 11.6 Å². The number of likely N-dealkylation sites (N-methyl/N-ethyl adjacent to an activating group) is 1. The van der Waals surface area contributed by atoms with Gasteiger partial charge in [-0.25, -0.2) is 0 Å². The normalized spacial score (nSPS) is 12.1. The molecule has 2 aromatic carbocycles. The van der Waals surface area contributed by atoms with Crippen molar-refractivity contribution in [2.45, 2.75) is 13.0 Å². The lowest BCUT2D eigenvalue weighted by molar-refractivity contribution is 0.0838. The Morgan fingerprint density at radius 1 is 1.19 bits per heavy atom. The Labute approximate surface area is 162 Å². The van der Waals surface area contributed by atoms with Gasteiger partial charge >= 0.3 is 0 Å². The van der Waals surface area contributed by atoms with Gasteiger partial charge in [-0.3, -0.25) is 4.79 Å². The summed E-state index contributed by atoms with van der Waals surface area (Å²) in [7, 11) is 3.81. The molecule has 4 nitrogen and oxygen atoms in total. The zero-order valence-electron chi connectivity index (χ0n) is 15.5. The second-order valence-corrected chi connectivity index (χ2v) is 7.29. The van der Waals surface area contributed by atoms with Gasteiger partial charge < -0.3 is 14.7 Å². The zero-order valence-corrected chi connectivity index (χ0v) is 17.0. The Morgan fingerprint density at radius 3 is 2.58 bits per heavy atom. The topological polar surface area (TPSA) is 49.8 Å². The number of ether oxygens (including phenoxy) is 1. The van der Waals surface area contributed by atoms with Crippen molar-refractivity contribution in [2.75, 3.05) is 33.6 Å². The maximum absolute atomic E-state index is 12.8. The van der Waals surface area contributed by atoms with E-state index in [1.165, 1.54) is 6.38 Å². The number of hydrogen-bond acceptors (Lipinski definition) is 5. The summed E-state index contributed by atoms with van der Waals surface area (Å²) >= 11 is 6.19. The van der Waals surface area contributed by atoms with E-state index in [9.17, 15) is 9.90 Å². The number of aryl methyl sites for hydroxylation is 1. The van der Waals surface area contributed by atoms with Gasteiger partial charge in [0.2, 0.25) is 0 Å². The Balaban J connectivity index is 0.00000117. The minimum Gasteiger partial charge on any atom is -0.489 e. The van der Waals surface area contributed by atoms with Crippen LogP contribution in [0.3, 0.4) is 0 Å². The van der Waals surface area contributed by atoms with E-state index in [1.807, 2.05) is 62.3 Å². The molecule has 0 aliphatic rings. The summed E-state index contributed by atoms with van der Waals surface area (Å²) in [4.78, 5) is 14.7. The van der Waals surface area contributed by atoms with Gasteiger partial charge in [-0.1, -0.05) is 18.2 Å². The summed E-state index contributed by atoms with van der Waals surface area (Å²) in [6.45, 7) is 2.67. The molecule has 1 N–H and O–H groups in total. The monoisotopic (exact) mass is 393 g/mol. The van der Waals surface area contributed by atoms with Gasteiger partial charge in [-0.2, -0.15) is 0 Å². The molecule has 0 radical (unpaired) electrons. The van der Waals surface area contributed by atoms with Crippen LogP contribution < -0.4 is 10.2 Å². The zero-order chi connectivity index (χ0) is 19.3. The van der Waals surface area contributed by atoms with Crippen LogP contribution in [0.4, 0.5) is 0 Å². The molecule has 0 amide bonds. The third-order valence-corrected chi connectivity index (χ3v) is 5.09. The molecule has 0 bridgehead atoms. The second kappa shape index (κ2) is 9.33. The quantitative estimate of drug-likeness (QED) is 0.528. The molecule has 1 heterocycles. The van der Waals surface area contributed by atoms with Gasteiger partial charge in [0.25, 0.3) is 0 Å². The fraction of sp³-hybridized carbons (Fsp3) is 0.350. The van der Waals surface area contributed by atoms with Gasteiger partial charge in [0.05, 0.1) is 4.70 Å². The molecule has 3 rings (SSSR count). The number of aliphatic hydroxyl groups is 1. The second-order valence-electron chi connectivity index (χ2n) is 6.24. The van der Waals surface area contributed by atoms with Crippen molar-refractivity contribution in [1.29, 1.82) is 0 Å². The average molecular weight is 394 g/mol. The average Bonchev–Trinajstić information content (AvgIpc) is 2.62. The van der Waals surface area contributed by atoms with Gasteiger partial charge in [0.1, 0.15) is 18.5 Å². The standard InChI is InChI=1S/C19H21NO3S.CH3Cl/c1-12-8-9-15(23-11-13(21)10-20(2)3)19-17(12)18(22)14-6-4-5-7-16(14)24-19;1-2/h4-9,13,21H,10-11H2,1-3H3;1H3. The fourth-order valence-electron chi connectivity index (χ4n) is 2.81. The van der Waals surface area contributed by atoms with E-state index in [4.69, 9.17) is 4.74 Å². The molecular weight excluding hydrogens is 370 g/mol. The highest BCUT2D eigenvalue weighted by molar-refractivity contribution is 7.24. The van der Waals surface area contributed by atoms with Crippen LogP contribution >= 0.6 is 22.9 Å². The molecule has 1 unspecified atom stereocenters. The van der Waals surface area contributed by atoms with Gasteiger partial charge in [0.15, 0.2) is 5.43 Å². The molecule has 3 aromatic rings. The lowest BCUT2D eigenvalue weighted by atomic mass is 10.1. The van der Waals surface area contributed by atoms with Crippen LogP contribution in [0.5, 0.6) is 5.75 Å². The highest BCUT2D eigenvalue weighted by atomic mass is 35.5. The van der Waals surface area contributed by atoms with E-state index in [1.54, 1.807) is 11.3 Å². The van der Waals surface area contributed by atoms with Crippen molar-refractivity contribution in [3.8, 4) is 5.75 Å². The van der Waals surface area contributed by atoms with Crippen LogP contribution in [0.25, 0.3) is 20.2 Å².